The van der Waals surface area contributed by atoms with E-state index in [4.69, 9.17) is 0 Å². The Bertz CT molecular complexity index is 561. The summed E-state index contributed by atoms with van der Waals surface area (Å²) >= 11 is 6.94. The predicted molar refractivity (Wildman–Crippen MR) is 83.7 cm³/mol. The van der Waals surface area contributed by atoms with Crippen molar-refractivity contribution in [1.29, 1.82) is 0 Å². The molecule has 19 heavy (non-hydrogen) atoms. The summed E-state index contributed by atoms with van der Waals surface area (Å²) in [5.74, 6) is 0.145. The first-order chi connectivity index (χ1) is 9.00. The largest absolute Gasteiger partial charge is 0.507 e. The van der Waals surface area contributed by atoms with Gasteiger partial charge in [0, 0.05) is 8.95 Å². The molecule has 1 unspecified atom stereocenters. The maximum atomic E-state index is 9.85. The molecule has 0 amide bonds. The van der Waals surface area contributed by atoms with Crippen molar-refractivity contribution in [1.82, 2.24) is 0 Å². The van der Waals surface area contributed by atoms with Gasteiger partial charge in [0.2, 0.25) is 0 Å². The van der Waals surface area contributed by atoms with Gasteiger partial charge in [-0.15, -0.1) is 0 Å². The first-order valence-corrected chi connectivity index (χ1v) is 7.30. The van der Waals surface area contributed by atoms with Gasteiger partial charge in [-0.25, -0.2) is 0 Å². The molecule has 2 rings (SSSR count). The number of rotatable bonds is 3. The summed E-state index contributed by atoms with van der Waals surface area (Å²) in [6.45, 7) is 1.88. The van der Waals surface area contributed by atoms with Crippen LogP contribution in [0, 0.1) is 0 Å². The lowest BCUT2D eigenvalue weighted by molar-refractivity contribution is 0.434. The van der Waals surface area contributed by atoms with Gasteiger partial charge in [0.05, 0.1) is 17.3 Å². The van der Waals surface area contributed by atoms with E-state index in [2.05, 4.69) is 37.2 Å². The Labute approximate surface area is 128 Å². The van der Waals surface area contributed by atoms with Crippen molar-refractivity contribution in [3.8, 4) is 11.5 Å². The highest BCUT2D eigenvalue weighted by Gasteiger charge is 2.16. The van der Waals surface area contributed by atoms with Crippen LogP contribution >= 0.6 is 31.9 Å². The van der Waals surface area contributed by atoms with E-state index in [1.165, 1.54) is 0 Å². The van der Waals surface area contributed by atoms with Gasteiger partial charge in [0.1, 0.15) is 11.5 Å². The van der Waals surface area contributed by atoms with Crippen LogP contribution in [0.5, 0.6) is 11.5 Å². The second kappa shape index (κ2) is 5.84. The quantitative estimate of drug-likeness (QED) is 0.710. The van der Waals surface area contributed by atoms with Crippen molar-refractivity contribution in [2.45, 2.75) is 13.0 Å². The summed E-state index contributed by atoms with van der Waals surface area (Å²) in [7, 11) is 0. The molecule has 0 aliphatic heterocycles. The molecule has 0 heterocycles. The number of para-hydroxylation sites is 1. The third-order valence-electron chi connectivity index (χ3n) is 2.82. The molecule has 0 saturated carbocycles. The number of anilines is 1. The molecule has 0 spiro atoms. The Morgan fingerprint density at radius 2 is 1.42 bits per heavy atom. The smallest absolute Gasteiger partial charge is 0.124 e. The Hall–Kier alpha value is -1.20. The summed E-state index contributed by atoms with van der Waals surface area (Å²) in [6.07, 6.45) is 0. The Morgan fingerprint density at radius 1 is 0.947 bits per heavy atom. The van der Waals surface area contributed by atoms with Crippen LogP contribution in [0.15, 0.2) is 45.3 Å². The zero-order valence-electron chi connectivity index (χ0n) is 10.2. The SMILES string of the molecule is CC(Nc1c(Br)cccc1Br)c1c(O)cccc1O. The molecule has 1 atom stereocenters. The number of phenolic OH excluding ortho intramolecular Hbond substituents is 2. The van der Waals surface area contributed by atoms with Crippen LogP contribution in [-0.2, 0) is 0 Å². The first-order valence-electron chi connectivity index (χ1n) is 5.72. The highest BCUT2D eigenvalue weighted by molar-refractivity contribution is 9.11. The Kier molecular flexibility index (Phi) is 4.37. The van der Waals surface area contributed by atoms with Gasteiger partial charge in [-0.2, -0.15) is 0 Å². The van der Waals surface area contributed by atoms with Crippen molar-refractivity contribution in [2.24, 2.45) is 0 Å². The van der Waals surface area contributed by atoms with Crippen LogP contribution in [0.4, 0.5) is 5.69 Å². The van der Waals surface area contributed by atoms with E-state index in [0.717, 1.165) is 14.6 Å². The molecular formula is C14H13Br2NO2. The van der Waals surface area contributed by atoms with E-state index >= 15 is 0 Å². The molecular weight excluding hydrogens is 374 g/mol. The number of benzene rings is 2. The van der Waals surface area contributed by atoms with Gasteiger partial charge in [0.25, 0.3) is 0 Å². The molecule has 100 valence electrons. The van der Waals surface area contributed by atoms with Crippen molar-refractivity contribution in [2.75, 3.05) is 5.32 Å². The van der Waals surface area contributed by atoms with Gasteiger partial charge in [-0.1, -0.05) is 12.1 Å². The second-order valence-corrected chi connectivity index (χ2v) is 5.88. The molecule has 3 nitrogen and oxygen atoms in total. The van der Waals surface area contributed by atoms with Crippen molar-refractivity contribution in [3.05, 3.63) is 50.9 Å². The lowest BCUT2D eigenvalue weighted by Gasteiger charge is -2.19. The van der Waals surface area contributed by atoms with Crippen molar-refractivity contribution < 1.29 is 10.2 Å². The molecule has 2 aromatic rings. The van der Waals surface area contributed by atoms with Gasteiger partial charge in [-0.05, 0) is 63.0 Å². The van der Waals surface area contributed by atoms with Gasteiger partial charge in [0.15, 0.2) is 0 Å². The minimum absolute atomic E-state index is 0.0724. The van der Waals surface area contributed by atoms with Crippen molar-refractivity contribution >= 4 is 37.5 Å². The number of phenols is 2. The van der Waals surface area contributed by atoms with Crippen LogP contribution in [0.3, 0.4) is 0 Å². The lowest BCUT2D eigenvalue weighted by Crippen LogP contribution is -2.08. The van der Waals surface area contributed by atoms with Crippen LogP contribution in [0.1, 0.15) is 18.5 Å². The average Bonchev–Trinajstić information content (AvgIpc) is 2.34. The van der Waals surface area contributed by atoms with E-state index in [-0.39, 0.29) is 17.5 Å². The van der Waals surface area contributed by atoms with Gasteiger partial charge >= 0.3 is 0 Å². The van der Waals surface area contributed by atoms with E-state index in [9.17, 15) is 10.2 Å². The monoisotopic (exact) mass is 385 g/mol. The maximum Gasteiger partial charge on any atom is 0.124 e. The molecule has 0 bridgehead atoms. The lowest BCUT2D eigenvalue weighted by atomic mass is 10.1. The Balaban J connectivity index is 2.34. The summed E-state index contributed by atoms with van der Waals surface area (Å²) in [6, 6.07) is 10.2. The summed E-state index contributed by atoms with van der Waals surface area (Å²) < 4.78 is 1.81. The summed E-state index contributed by atoms with van der Waals surface area (Å²) in [5, 5.41) is 23.0. The molecule has 0 radical (unpaired) electrons. The van der Waals surface area contributed by atoms with E-state index in [0.29, 0.717) is 5.56 Å². The summed E-state index contributed by atoms with van der Waals surface area (Å²) in [5.41, 5.74) is 1.35. The number of hydrogen-bond acceptors (Lipinski definition) is 3. The molecule has 0 fully saturated rings. The highest BCUT2D eigenvalue weighted by atomic mass is 79.9. The van der Waals surface area contributed by atoms with Crippen LogP contribution in [-0.4, -0.2) is 10.2 Å². The van der Waals surface area contributed by atoms with E-state index < -0.39 is 0 Å². The molecule has 0 aromatic heterocycles. The topological polar surface area (TPSA) is 52.5 Å². The minimum atomic E-state index is -0.240. The fraction of sp³-hybridized carbons (Fsp3) is 0.143. The average molecular weight is 387 g/mol. The summed E-state index contributed by atoms with van der Waals surface area (Å²) in [4.78, 5) is 0. The van der Waals surface area contributed by atoms with Gasteiger partial charge < -0.3 is 15.5 Å². The van der Waals surface area contributed by atoms with E-state index in [1.807, 2.05) is 25.1 Å². The fourth-order valence-electron chi connectivity index (χ4n) is 1.91. The van der Waals surface area contributed by atoms with Crippen LogP contribution in [0.25, 0.3) is 0 Å². The molecule has 0 aliphatic carbocycles. The number of aromatic hydroxyl groups is 2. The van der Waals surface area contributed by atoms with E-state index in [1.54, 1.807) is 18.2 Å². The zero-order chi connectivity index (χ0) is 14.0. The predicted octanol–water partition coefficient (Wildman–Crippen LogP) is 4.80. The standard InChI is InChI=1S/C14H13Br2NO2/c1-8(13-11(18)6-3-7-12(13)19)17-14-9(15)4-2-5-10(14)16/h2-8,17-19H,1H3. The number of nitrogens with one attached hydrogen (secondary N) is 1. The van der Waals surface area contributed by atoms with Crippen LogP contribution in [0.2, 0.25) is 0 Å². The number of hydrogen-bond donors (Lipinski definition) is 3. The molecule has 5 heteroatoms. The van der Waals surface area contributed by atoms with Gasteiger partial charge in [-0.3, -0.25) is 0 Å². The zero-order valence-corrected chi connectivity index (χ0v) is 13.4. The molecule has 0 saturated heterocycles. The third kappa shape index (κ3) is 3.04. The Morgan fingerprint density at radius 3 is 1.95 bits per heavy atom. The van der Waals surface area contributed by atoms with Crippen LogP contribution < -0.4 is 5.32 Å². The minimum Gasteiger partial charge on any atom is -0.507 e. The maximum absolute atomic E-state index is 9.85. The fourth-order valence-corrected chi connectivity index (χ4v) is 3.14. The van der Waals surface area contributed by atoms with Crippen molar-refractivity contribution in [3.63, 3.8) is 0 Å². The highest BCUT2D eigenvalue weighted by Crippen LogP contribution is 2.38. The normalized spacial score (nSPS) is 12.2. The third-order valence-corrected chi connectivity index (χ3v) is 4.14. The second-order valence-electron chi connectivity index (χ2n) is 4.17. The first kappa shape index (κ1) is 14.2. The molecule has 0 aliphatic rings. The number of halogens is 2. The molecule has 2 aromatic carbocycles. The molecule has 3 N–H and O–H groups in total.